The van der Waals surface area contributed by atoms with Gasteiger partial charge >= 0.3 is 0 Å². The number of hydrogen-bond donors (Lipinski definition) is 1. The molecule has 2 rings (SSSR count). The molecule has 118 valence electrons. The third kappa shape index (κ3) is 4.71. The Morgan fingerprint density at radius 3 is 2.70 bits per heavy atom. The highest BCUT2D eigenvalue weighted by Crippen LogP contribution is 2.39. The van der Waals surface area contributed by atoms with Crippen molar-refractivity contribution < 1.29 is 4.74 Å². The predicted molar refractivity (Wildman–Crippen MR) is 85.0 cm³/mol. The van der Waals surface area contributed by atoms with Crippen LogP contribution < -0.4 is 5.32 Å². The van der Waals surface area contributed by atoms with Crippen LogP contribution in [0.2, 0.25) is 0 Å². The first kappa shape index (κ1) is 16.3. The zero-order valence-electron chi connectivity index (χ0n) is 14.0. The van der Waals surface area contributed by atoms with Gasteiger partial charge in [-0.15, -0.1) is 0 Å². The summed E-state index contributed by atoms with van der Waals surface area (Å²) in [4.78, 5) is 2.55. The van der Waals surface area contributed by atoms with Gasteiger partial charge in [-0.2, -0.15) is 0 Å². The van der Waals surface area contributed by atoms with Crippen LogP contribution in [0.25, 0.3) is 0 Å². The number of nitrogens with zero attached hydrogens (tertiary/aromatic N) is 1. The van der Waals surface area contributed by atoms with Crippen LogP contribution in [-0.4, -0.2) is 51.3 Å². The molecule has 20 heavy (non-hydrogen) atoms. The lowest BCUT2D eigenvalue weighted by atomic mass is 9.69. The van der Waals surface area contributed by atoms with Gasteiger partial charge in [-0.1, -0.05) is 13.8 Å². The summed E-state index contributed by atoms with van der Waals surface area (Å²) < 4.78 is 5.61. The van der Waals surface area contributed by atoms with Gasteiger partial charge in [0.2, 0.25) is 0 Å². The minimum atomic E-state index is 0.521. The number of hydrogen-bond acceptors (Lipinski definition) is 3. The Bertz CT molecular complexity index is 287. The average molecular weight is 282 g/mol. The molecule has 2 aliphatic rings. The van der Waals surface area contributed by atoms with E-state index in [4.69, 9.17) is 4.74 Å². The predicted octanol–water partition coefficient (Wildman–Crippen LogP) is 2.76. The molecule has 3 atom stereocenters. The van der Waals surface area contributed by atoms with E-state index < -0.39 is 0 Å². The second-order valence-corrected chi connectivity index (χ2v) is 7.87. The van der Waals surface area contributed by atoms with Gasteiger partial charge in [0.1, 0.15) is 0 Å². The largest absolute Gasteiger partial charge is 0.381 e. The topological polar surface area (TPSA) is 24.5 Å². The molecule has 3 unspecified atom stereocenters. The SMILES string of the molecule is CNC1CCC(C)(C)CC1CN(C)CC1CCCOC1. The molecule has 1 saturated heterocycles. The standard InChI is InChI=1S/C17H34N2O/c1-17(2)8-7-16(18-3)15(10-17)12-19(4)11-14-6-5-9-20-13-14/h14-16,18H,5-13H2,1-4H3. The minimum Gasteiger partial charge on any atom is -0.381 e. The molecule has 3 heteroatoms. The molecule has 2 fully saturated rings. The van der Waals surface area contributed by atoms with Crippen molar-refractivity contribution in [1.29, 1.82) is 0 Å². The third-order valence-electron chi connectivity index (χ3n) is 5.26. The monoisotopic (exact) mass is 282 g/mol. The fourth-order valence-corrected chi connectivity index (χ4v) is 4.17. The lowest BCUT2D eigenvalue weighted by Gasteiger charge is -2.42. The van der Waals surface area contributed by atoms with E-state index in [0.717, 1.165) is 25.0 Å². The molecule has 1 saturated carbocycles. The molecule has 1 N–H and O–H groups in total. The normalized spacial score (nSPS) is 34.4. The Morgan fingerprint density at radius 1 is 1.25 bits per heavy atom. The highest BCUT2D eigenvalue weighted by atomic mass is 16.5. The lowest BCUT2D eigenvalue weighted by molar-refractivity contribution is 0.0349. The Balaban J connectivity index is 1.82. The summed E-state index contributed by atoms with van der Waals surface area (Å²) in [6.45, 7) is 9.23. The molecule has 0 amide bonds. The van der Waals surface area contributed by atoms with Crippen LogP contribution in [0.1, 0.15) is 46.0 Å². The fraction of sp³-hybridized carbons (Fsp3) is 1.00. The maximum absolute atomic E-state index is 5.61. The molecule has 0 aromatic carbocycles. The molecule has 1 aliphatic carbocycles. The number of ether oxygens (including phenoxy) is 1. The van der Waals surface area contributed by atoms with E-state index in [0.29, 0.717) is 11.5 Å². The maximum Gasteiger partial charge on any atom is 0.0506 e. The van der Waals surface area contributed by atoms with Crippen LogP contribution in [0.15, 0.2) is 0 Å². The summed E-state index contributed by atoms with van der Waals surface area (Å²) in [5.41, 5.74) is 0.521. The first-order valence-corrected chi connectivity index (χ1v) is 8.44. The van der Waals surface area contributed by atoms with Crippen molar-refractivity contribution in [3.63, 3.8) is 0 Å². The van der Waals surface area contributed by atoms with E-state index >= 15 is 0 Å². The van der Waals surface area contributed by atoms with Crippen LogP contribution in [0.3, 0.4) is 0 Å². The van der Waals surface area contributed by atoms with Crippen molar-refractivity contribution in [1.82, 2.24) is 10.2 Å². The summed E-state index contributed by atoms with van der Waals surface area (Å²) >= 11 is 0. The van der Waals surface area contributed by atoms with Gasteiger partial charge < -0.3 is 15.0 Å². The van der Waals surface area contributed by atoms with Gasteiger partial charge in [-0.25, -0.2) is 0 Å². The molecule has 1 heterocycles. The molecule has 0 bridgehead atoms. The highest BCUT2D eigenvalue weighted by molar-refractivity contribution is 4.89. The summed E-state index contributed by atoms with van der Waals surface area (Å²) in [5, 5.41) is 3.55. The summed E-state index contributed by atoms with van der Waals surface area (Å²) in [7, 11) is 4.42. The molecular formula is C17H34N2O. The molecule has 0 spiro atoms. The Kier molecular flexibility index (Phi) is 5.88. The van der Waals surface area contributed by atoms with Crippen molar-refractivity contribution in [2.24, 2.45) is 17.3 Å². The average Bonchev–Trinajstić information content (AvgIpc) is 2.39. The van der Waals surface area contributed by atoms with E-state index in [1.165, 1.54) is 45.2 Å². The fourth-order valence-electron chi connectivity index (χ4n) is 4.17. The van der Waals surface area contributed by atoms with Crippen molar-refractivity contribution in [2.45, 2.75) is 52.0 Å². The lowest BCUT2D eigenvalue weighted by Crippen LogP contribution is -2.46. The van der Waals surface area contributed by atoms with Crippen LogP contribution >= 0.6 is 0 Å². The molecule has 0 aromatic rings. The van der Waals surface area contributed by atoms with E-state index in [2.05, 4.69) is 38.2 Å². The van der Waals surface area contributed by atoms with Crippen LogP contribution in [0.5, 0.6) is 0 Å². The van der Waals surface area contributed by atoms with Crippen LogP contribution in [0, 0.1) is 17.3 Å². The zero-order chi connectivity index (χ0) is 14.6. The van der Waals surface area contributed by atoms with E-state index in [1.54, 1.807) is 0 Å². The van der Waals surface area contributed by atoms with Gasteiger partial charge in [0, 0.05) is 25.7 Å². The van der Waals surface area contributed by atoms with Gasteiger partial charge in [-0.3, -0.25) is 0 Å². The smallest absolute Gasteiger partial charge is 0.0506 e. The quantitative estimate of drug-likeness (QED) is 0.839. The van der Waals surface area contributed by atoms with Crippen LogP contribution in [-0.2, 0) is 4.74 Å². The Labute approximate surface area is 125 Å². The first-order valence-electron chi connectivity index (χ1n) is 8.44. The summed E-state index contributed by atoms with van der Waals surface area (Å²) in [6.07, 6.45) is 6.62. The molecule has 0 radical (unpaired) electrons. The third-order valence-corrected chi connectivity index (χ3v) is 5.26. The van der Waals surface area contributed by atoms with Crippen molar-refractivity contribution in [2.75, 3.05) is 40.4 Å². The Morgan fingerprint density at radius 2 is 2.05 bits per heavy atom. The van der Waals surface area contributed by atoms with Gasteiger partial charge in [0.05, 0.1) is 6.61 Å². The molecule has 0 aromatic heterocycles. The molecular weight excluding hydrogens is 248 g/mol. The second kappa shape index (κ2) is 7.24. The van der Waals surface area contributed by atoms with E-state index in [1.807, 2.05) is 0 Å². The van der Waals surface area contributed by atoms with Crippen molar-refractivity contribution in [3.05, 3.63) is 0 Å². The van der Waals surface area contributed by atoms with E-state index in [9.17, 15) is 0 Å². The van der Waals surface area contributed by atoms with Gasteiger partial charge in [0.25, 0.3) is 0 Å². The zero-order valence-corrected chi connectivity index (χ0v) is 14.0. The van der Waals surface area contributed by atoms with Crippen LogP contribution in [0.4, 0.5) is 0 Å². The van der Waals surface area contributed by atoms with E-state index in [-0.39, 0.29) is 0 Å². The number of nitrogens with one attached hydrogen (secondary N) is 1. The second-order valence-electron chi connectivity index (χ2n) is 7.87. The summed E-state index contributed by atoms with van der Waals surface area (Å²) in [5.74, 6) is 1.54. The Hall–Kier alpha value is -0.120. The molecule has 3 nitrogen and oxygen atoms in total. The minimum absolute atomic E-state index is 0.521. The van der Waals surface area contributed by atoms with Gasteiger partial charge in [-0.05, 0) is 63.5 Å². The van der Waals surface area contributed by atoms with Crippen molar-refractivity contribution >= 4 is 0 Å². The first-order chi connectivity index (χ1) is 9.50. The van der Waals surface area contributed by atoms with Gasteiger partial charge in [0.15, 0.2) is 0 Å². The molecule has 1 aliphatic heterocycles. The number of rotatable bonds is 5. The van der Waals surface area contributed by atoms with Crippen molar-refractivity contribution in [3.8, 4) is 0 Å². The summed E-state index contributed by atoms with van der Waals surface area (Å²) in [6, 6.07) is 0.702. The highest BCUT2D eigenvalue weighted by Gasteiger charge is 2.34. The maximum atomic E-state index is 5.61.